The molecule has 2 aromatic carbocycles. The summed E-state index contributed by atoms with van der Waals surface area (Å²) < 4.78 is 16.4. The number of hydrogen-bond acceptors (Lipinski definition) is 5. The van der Waals surface area contributed by atoms with Crippen LogP contribution in [0.2, 0.25) is 0 Å². The lowest BCUT2D eigenvalue weighted by Gasteiger charge is -2.36. The first-order valence-electron chi connectivity index (χ1n) is 15.6. The SMILES string of the molecule is CCn1nc(Cc2cccc(C#N)c2)cc1C1CCN(C[C@H]2CN([C@@H](C(=O)O)C(C)(C)C)C[C@@H]2c2cccc(F)c2)CC1. The molecule has 7 nitrogen and oxygen atoms in total. The Bertz CT molecular complexity index is 1460. The molecule has 0 amide bonds. The average molecular weight is 586 g/mol. The van der Waals surface area contributed by atoms with Crippen LogP contribution in [0.4, 0.5) is 4.39 Å². The van der Waals surface area contributed by atoms with Crippen LogP contribution in [-0.4, -0.2) is 69.4 Å². The molecule has 3 heterocycles. The van der Waals surface area contributed by atoms with Crippen molar-refractivity contribution >= 4 is 5.97 Å². The average Bonchev–Trinajstić information content (AvgIpc) is 3.56. The molecular formula is C35H44FN5O2. The molecule has 0 saturated carbocycles. The van der Waals surface area contributed by atoms with E-state index >= 15 is 0 Å². The summed E-state index contributed by atoms with van der Waals surface area (Å²) >= 11 is 0. The maximum atomic E-state index is 14.3. The van der Waals surface area contributed by atoms with Gasteiger partial charge in [-0.15, -0.1) is 0 Å². The number of aryl methyl sites for hydroxylation is 1. The molecule has 2 aliphatic heterocycles. The zero-order valence-corrected chi connectivity index (χ0v) is 25.8. The molecule has 0 radical (unpaired) electrons. The lowest BCUT2D eigenvalue weighted by molar-refractivity contribution is -0.147. The van der Waals surface area contributed by atoms with E-state index in [0.29, 0.717) is 31.0 Å². The number of carbonyl (C=O) groups is 1. The second kappa shape index (κ2) is 13.0. The third-order valence-electron chi connectivity index (χ3n) is 9.27. The Hall–Kier alpha value is -3.54. The van der Waals surface area contributed by atoms with Crippen LogP contribution in [0.25, 0.3) is 0 Å². The van der Waals surface area contributed by atoms with E-state index in [1.807, 2.05) is 51.1 Å². The predicted octanol–water partition coefficient (Wildman–Crippen LogP) is 5.90. The number of nitriles is 1. The summed E-state index contributed by atoms with van der Waals surface area (Å²) in [4.78, 5) is 17.0. The number of halogens is 1. The van der Waals surface area contributed by atoms with E-state index in [1.165, 1.54) is 11.8 Å². The summed E-state index contributed by atoms with van der Waals surface area (Å²) in [5.41, 5.74) is 4.63. The van der Waals surface area contributed by atoms with Gasteiger partial charge in [-0.05, 0) is 85.6 Å². The zero-order valence-electron chi connectivity index (χ0n) is 25.8. The molecule has 2 saturated heterocycles. The number of aromatic nitrogens is 2. The molecule has 3 aromatic rings. The third-order valence-corrected chi connectivity index (χ3v) is 9.27. The molecule has 5 rings (SSSR count). The summed E-state index contributed by atoms with van der Waals surface area (Å²) in [5.74, 6) is -0.303. The van der Waals surface area contributed by atoms with Crippen molar-refractivity contribution in [3.05, 3.63) is 88.5 Å². The first-order valence-corrected chi connectivity index (χ1v) is 15.6. The summed E-state index contributed by atoms with van der Waals surface area (Å²) in [5, 5.41) is 24.3. The first-order chi connectivity index (χ1) is 20.5. The number of carboxylic acids is 1. The van der Waals surface area contributed by atoms with E-state index in [0.717, 1.165) is 55.8 Å². The van der Waals surface area contributed by atoms with Crippen LogP contribution in [0.15, 0.2) is 54.6 Å². The van der Waals surface area contributed by atoms with Crippen molar-refractivity contribution in [3.63, 3.8) is 0 Å². The molecule has 2 aliphatic rings. The topological polar surface area (TPSA) is 85.4 Å². The molecule has 8 heteroatoms. The second-order valence-corrected chi connectivity index (χ2v) is 13.4. The van der Waals surface area contributed by atoms with Crippen LogP contribution in [0, 0.1) is 28.5 Å². The maximum absolute atomic E-state index is 14.3. The quantitative estimate of drug-likeness (QED) is 0.337. The van der Waals surface area contributed by atoms with Crippen LogP contribution < -0.4 is 0 Å². The predicted molar refractivity (Wildman–Crippen MR) is 165 cm³/mol. The van der Waals surface area contributed by atoms with Crippen molar-refractivity contribution in [3.8, 4) is 6.07 Å². The second-order valence-electron chi connectivity index (χ2n) is 13.4. The van der Waals surface area contributed by atoms with Gasteiger partial charge in [0.1, 0.15) is 11.9 Å². The first kappa shape index (κ1) is 30.9. The number of nitrogens with zero attached hydrogens (tertiary/aromatic N) is 5. The van der Waals surface area contributed by atoms with E-state index in [-0.39, 0.29) is 17.7 Å². The molecule has 1 N–H and O–H groups in total. The van der Waals surface area contributed by atoms with E-state index in [4.69, 9.17) is 5.10 Å². The van der Waals surface area contributed by atoms with Crippen molar-refractivity contribution in [2.75, 3.05) is 32.7 Å². The molecule has 0 bridgehead atoms. The van der Waals surface area contributed by atoms with Gasteiger partial charge in [-0.3, -0.25) is 14.4 Å². The number of aliphatic carboxylic acids is 1. The van der Waals surface area contributed by atoms with Gasteiger partial charge in [0.2, 0.25) is 0 Å². The monoisotopic (exact) mass is 585 g/mol. The minimum Gasteiger partial charge on any atom is -0.480 e. The van der Waals surface area contributed by atoms with E-state index in [9.17, 15) is 19.6 Å². The number of likely N-dealkylation sites (tertiary alicyclic amines) is 2. The van der Waals surface area contributed by atoms with Crippen LogP contribution >= 0.6 is 0 Å². The fourth-order valence-electron chi connectivity index (χ4n) is 7.35. The Morgan fingerprint density at radius 2 is 1.86 bits per heavy atom. The Balaban J connectivity index is 1.27. The van der Waals surface area contributed by atoms with Gasteiger partial charge in [0.15, 0.2) is 0 Å². The van der Waals surface area contributed by atoms with Crippen molar-refractivity contribution in [2.24, 2.45) is 11.3 Å². The Morgan fingerprint density at radius 1 is 1.12 bits per heavy atom. The highest BCUT2D eigenvalue weighted by molar-refractivity contribution is 5.74. The number of piperidine rings is 1. The molecule has 3 atom stereocenters. The summed E-state index contributed by atoms with van der Waals surface area (Å²) in [6, 6.07) is 18.5. The lowest BCUT2D eigenvalue weighted by atomic mass is 9.85. The van der Waals surface area contributed by atoms with Crippen LogP contribution in [0.5, 0.6) is 0 Å². The Labute approximate surface area is 254 Å². The fourth-order valence-corrected chi connectivity index (χ4v) is 7.35. The van der Waals surface area contributed by atoms with Crippen LogP contribution in [-0.2, 0) is 17.8 Å². The van der Waals surface area contributed by atoms with Crippen molar-refractivity contribution in [2.45, 2.75) is 71.4 Å². The highest BCUT2D eigenvalue weighted by Crippen LogP contribution is 2.39. The van der Waals surface area contributed by atoms with Gasteiger partial charge in [-0.2, -0.15) is 10.4 Å². The zero-order chi connectivity index (χ0) is 30.7. The summed E-state index contributed by atoms with van der Waals surface area (Å²) in [6.07, 6.45) is 2.78. The van der Waals surface area contributed by atoms with E-state index in [2.05, 4.69) is 33.5 Å². The van der Waals surface area contributed by atoms with Gasteiger partial charge in [-0.25, -0.2) is 4.39 Å². The molecule has 228 valence electrons. The van der Waals surface area contributed by atoms with Crippen molar-refractivity contribution in [1.29, 1.82) is 5.26 Å². The van der Waals surface area contributed by atoms with Gasteiger partial charge in [0, 0.05) is 50.1 Å². The van der Waals surface area contributed by atoms with Gasteiger partial charge in [0.05, 0.1) is 17.3 Å². The van der Waals surface area contributed by atoms with Gasteiger partial charge in [-0.1, -0.05) is 45.0 Å². The number of carboxylic acid groups (broad SMARTS) is 1. The van der Waals surface area contributed by atoms with Gasteiger partial charge in [0.25, 0.3) is 0 Å². The maximum Gasteiger partial charge on any atom is 0.321 e. The lowest BCUT2D eigenvalue weighted by Crippen LogP contribution is -2.48. The van der Waals surface area contributed by atoms with E-state index in [1.54, 1.807) is 12.1 Å². The largest absolute Gasteiger partial charge is 0.480 e. The Kier molecular flexibility index (Phi) is 9.33. The van der Waals surface area contributed by atoms with Crippen molar-refractivity contribution < 1.29 is 14.3 Å². The molecular weight excluding hydrogens is 541 g/mol. The van der Waals surface area contributed by atoms with Crippen LogP contribution in [0.1, 0.15) is 80.5 Å². The third kappa shape index (κ3) is 7.17. The number of benzene rings is 2. The standard InChI is InChI=1S/C35H44FN5O2/c1-5-41-32(19-30(38-41)17-24-8-6-9-25(16-24)20-37)26-12-14-39(15-13-26)21-28-22-40(33(34(42)43)35(2,3)4)23-31(28)27-10-7-11-29(36)18-27/h6-11,16,18-19,26,28,31,33H,5,12-15,17,21-23H2,1-4H3,(H,42,43)/t28-,31+,33-/m0/s1. The fraction of sp³-hybridized carbons (Fsp3) is 0.514. The highest BCUT2D eigenvalue weighted by Gasteiger charge is 2.44. The number of hydrogen-bond donors (Lipinski definition) is 1. The molecule has 0 unspecified atom stereocenters. The summed E-state index contributed by atoms with van der Waals surface area (Å²) in [6.45, 7) is 13.0. The molecule has 0 aliphatic carbocycles. The van der Waals surface area contributed by atoms with E-state index < -0.39 is 17.4 Å². The molecule has 0 spiro atoms. The Morgan fingerprint density at radius 3 is 2.51 bits per heavy atom. The highest BCUT2D eigenvalue weighted by atomic mass is 19.1. The minimum atomic E-state index is -0.795. The van der Waals surface area contributed by atoms with Crippen LogP contribution in [0.3, 0.4) is 0 Å². The van der Waals surface area contributed by atoms with Gasteiger partial charge < -0.3 is 10.0 Å². The minimum absolute atomic E-state index is 0.0845. The smallest absolute Gasteiger partial charge is 0.321 e. The van der Waals surface area contributed by atoms with Crippen molar-refractivity contribution in [1.82, 2.24) is 19.6 Å². The number of rotatable bonds is 9. The summed E-state index contributed by atoms with van der Waals surface area (Å²) in [7, 11) is 0. The molecule has 1 aromatic heterocycles. The molecule has 2 fully saturated rings. The molecule has 43 heavy (non-hydrogen) atoms. The normalized spacial score (nSPS) is 21.1. The van der Waals surface area contributed by atoms with Gasteiger partial charge >= 0.3 is 5.97 Å².